The molecule has 118 valence electrons. The zero-order valence-electron chi connectivity index (χ0n) is 12.1. The van der Waals surface area contributed by atoms with E-state index in [-0.39, 0.29) is 5.69 Å². The Bertz CT molecular complexity index is 468. The van der Waals surface area contributed by atoms with E-state index in [0.717, 1.165) is 37.8 Å². The molecular weight excluding hydrogens is 281 g/mol. The summed E-state index contributed by atoms with van der Waals surface area (Å²) in [5, 5.41) is 2.98. The monoisotopic (exact) mass is 302 g/mol. The lowest BCUT2D eigenvalue weighted by Gasteiger charge is -2.30. The summed E-state index contributed by atoms with van der Waals surface area (Å²) in [5.41, 5.74) is 5.27. The number of hydrogen-bond acceptors (Lipinski definition) is 4. The standard InChI is InChI=1S/C14H21F3N4/c1-10-2-5-21(6-3-10)7-4-19-12-8-13(14(15,16)17)20-9-11(12)18/h8-10H,2-7,18H2,1H3,(H,19,20). The van der Waals surface area contributed by atoms with Gasteiger partial charge in [-0.1, -0.05) is 6.92 Å². The van der Waals surface area contributed by atoms with E-state index in [4.69, 9.17) is 5.73 Å². The number of nitrogens with zero attached hydrogens (tertiary/aromatic N) is 2. The Labute approximate surface area is 122 Å². The molecule has 1 aromatic heterocycles. The van der Waals surface area contributed by atoms with E-state index < -0.39 is 11.9 Å². The van der Waals surface area contributed by atoms with Gasteiger partial charge in [-0.2, -0.15) is 13.2 Å². The van der Waals surface area contributed by atoms with Gasteiger partial charge in [-0.25, -0.2) is 4.98 Å². The first-order valence-electron chi connectivity index (χ1n) is 7.15. The number of hydrogen-bond donors (Lipinski definition) is 2. The molecule has 2 rings (SSSR count). The van der Waals surface area contributed by atoms with E-state index in [0.29, 0.717) is 12.2 Å². The van der Waals surface area contributed by atoms with Crippen LogP contribution in [0.1, 0.15) is 25.5 Å². The summed E-state index contributed by atoms with van der Waals surface area (Å²) in [5.74, 6) is 0.763. The van der Waals surface area contributed by atoms with E-state index in [9.17, 15) is 13.2 Å². The van der Waals surface area contributed by atoms with Crippen LogP contribution in [0.15, 0.2) is 12.3 Å². The molecule has 0 bridgehead atoms. The van der Waals surface area contributed by atoms with Crippen LogP contribution in [-0.4, -0.2) is 36.1 Å². The fourth-order valence-corrected chi connectivity index (χ4v) is 2.41. The molecule has 0 saturated carbocycles. The van der Waals surface area contributed by atoms with Crippen LogP contribution in [0, 0.1) is 5.92 Å². The van der Waals surface area contributed by atoms with E-state index in [1.807, 2.05) is 0 Å². The lowest BCUT2D eigenvalue weighted by atomic mass is 9.99. The molecule has 0 amide bonds. The number of anilines is 2. The van der Waals surface area contributed by atoms with Gasteiger partial charge in [-0.3, -0.25) is 0 Å². The Morgan fingerprint density at radius 3 is 2.67 bits per heavy atom. The molecule has 1 aliphatic heterocycles. The number of nitrogen functional groups attached to an aromatic ring is 1. The number of nitrogens with one attached hydrogen (secondary N) is 1. The molecule has 4 nitrogen and oxygen atoms in total. The van der Waals surface area contributed by atoms with E-state index >= 15 is 0 Å². The SMILES string of the molecule is CC1CCN(CCNc2cc(C(F)(F)F)ncc2N)CC1. The summed E-state index contributed by atoms with van der Waals surface area (Å²) in [4.78, 5) is 5.63. The molecule has 0 atom stereocenters. The van der Waals surface area contributed by atoms with Gasteiger partial charge >= 0.3 is 6.18 Å². The summed E-state index contributed by atoms with van der Waals surface area (Å²) >= 11 is 0. The second-order valence-electron chi connectivity index (χ2n) is 5.61. The van der Waals surface area contributed by atoms with Crippen molar-refractivity contribution < 1.29 is 13.2 Å². The molecule has 0 aromatic carbocycles. The first-order chi connectivity index (χ1) is 9.86. The van der Waals surface area contributed by atoms with Crippen molar-refractivity contribution in [2.45, 2.75) is 25.9 Å². The van der Waals surface area contributed by atoms with Crippen LogP contribution in [0.5, 0.6) is 0 Å². The number of aromatic nitrogens is 1. The summed E-state index contributed by atoms with van der Waals surface area (Å²) in [6.45, 7) is 5.70. The second kappa shape index (κ2) is 6.51. The second-order valence-corrected chi connectivity index (χ2v) is 5.61. The van der Waals surface area contributed by atoms with Crippen molar-refractivity contribution in [3.8, 4) is 0 Å². The zero-order chi connectivity index (χ0) is 15.5. The number of pyridine rings is 1. The number of rotatable bonds is 4. The average Bonchev–Trinajstić information content (AvgIpc) is 2.42. The average molecular weight is 302 g/mol. The Balaban J connectivity index is 1.88. The molecule has 7 heteroatoms. The third-order valence-corrected chi connectivity index (χ3v) is 3.84. The predicted molar refractivity (Wildman–Crippen MR) is 77.0 cm³/mol. The number of nitrogens with two attached hydrogens (primary N) is 1. The van der Waals surface area contributed by atoms with E-state index in [1.165, 1.54) is 12.8 Å². The minimum atomic E-state index is -4.45. The van der Waals surface area contributed by atoms with Crippen molar-refractivity contribution in [1.29, 1.82) is 0 Å². The highest BCUT2D eigenvalue weighted by Gasteiger charge is 2.32. The number of alkyl halides is 3. The summed E-state index contributed by atoms with van der Waals surface area (Å²) in [7, 11) is 0. The van der Waals surface area contributed by atoms with Gasteiger partial charge in [0, 0.05) is 13.1 Å². The van der Waals surface area contributed by atoms with Crippen LogP contribution in [0.2, 0.25) is 0 Å². The molecule has 1 fully saturated rings. The summed E-state index contributed by atoms with van der Waals surface area (Å²) < 4.78 is 37.8. The van der Waals surface area contributed by atoms with Crippen LogP contribution in [0.3, 0.4) is 0 Å². The van der Waals surface area contributed by atoms with Crippen LogP contribution in [0.25, 0.3) is 0 Å². The molecule has 21 heavy (non-hydrogen) atoms. The summed E-state index contributed by atoms with van der Waals surface area (Å²) in [6, 6.07) is 0.966. The van der Waals surface area contributed by atoms with Crippen LogP contribution >= 0.6 is 0 Å². The number of halogens is 3. The lowest BCUT2D eigenvalue weighted by molar-refractivity contribution is -0.141. The highest BCUT2D eigenvalue weighted by atomic mass is 19.4. The van der Waals surface area contributed by atoms with Crippen molar-refractivity contribution in [3.05, 3.63) is 18.0 Å². The maximum atomic E-state index is 12.6. The first kappa shape index (κ1) is 15.9. The molecule has 1 saturated heterocycles. The van der Waals surface area contributed by atoms with Gasteiger partial charge in [0.1, 0.15) is 5.69 Å². The van der Waals surface area contributed by atoms with Crippen LogP contribution < -0.4 is 11.1 Å². The van der Waals surface area contributed by atoms with Gasteiger partial charge in [-0.15, -0.1) is 0 Å². The van der Waals surface area contributed by atoms with E-state index in [2.05, 4.69) is 22.1 Å². The molecule has 0 unspecified atom stereocenters. The Kier molecular flexibility index (Phi) is 4.92. The fourth-order valence-electron chi connectivity index (χ4n) is 2.41. The molecule has 1 aliphatic rings. The number of piperidine rings is 1. The Morgan fingerprint density at radius 2 is 2.05 bits per heavy atom. The van der Waals surface area contributed by atoms with Gasteiger partial charge in [-0.05, 0) is 37.9 Å². The third-order valence-electron chi connectivity index (χ3n) is 3.84. The normalized spacial score (nSPS) is 17.9. The predicted octanol–water partition coefficient (Wildman–Crippen LogP) is 2.83. The molecular formula is C14H21F3N4. The highest BCUT2D eigenvalue weighted by molar-refractivity contribution is 5.65. The van der Waals surface area contributed by atoms with Gasteiger partial charge in [0.15, 0.2) is 0 Å². The minimum absolute atomic E-state index is 0.232. The molecule has 2 heterocycles. The Morgan fingerprint density at radius 1 is 1.38 bits per heavy atom. The van der Waals surface area contributed by atoms with Crippen LogP contribution in [0.4, 0.5) is 24.5 Å². The van der Waals surface area contributed by atoms with Gasteiger partial charge in [0.05, 0.1) is 17.6 Å². The quantitative estimate of drug-likeness (QED) is 0.898. The third kappa shape index (κ3) is 4.49. The molecule has 0 spiro atoms. The maximum Gasteiger partial charge on any atom is 0.433 e. The first-order valence-corrected chi connectivity index (χ1v) is 7.15. The van der Waals surface area contributed by atoms with Crippen molar-refractivity contribution in [3.63, 3.8) is 0 Å². The largest absolute Gasteiger partial charge is 0.433 e. The Hall–Kier alpha value is -1.50. The van der Waals surface area contributed by atoms with Crippen molar-refractivity contribution in [2.24, 2.45) is 5.92 Å². The summed E-state index contributed by atoms with van der Waals surface area (Å²) in [6.07, 6.45) is -1.05. The number of likely N-dealkylation sites (tertiary alicyclic amines) is 1. The molecule has 0 aliphatic carbocycles. The van der Waals surface area contributed by atoms with Crippen molar-refractivity contribution in [1.82, 2.24) is 9.88 Å². The zero-order valence-corrected chi connectivity index (χ0v) is 12.1. The molecule has 3 N–H and O–H groups in total. The molecule has 0 radical (unpaired) electrons. The van der Waals surface area contributed by atoms with Gasteiger partial charge < -0.3 is 16.0 Å². The van der Waals surface area contributed by atoms with E-state index in [1.54, 1.807) is 0 Å². The minimum Gasteiger partial charge on any atom is -0.396 e. The molecule has 1 aromatic rings. The smallest absolute Gasteiger partial charge is 0.396 e. The lowest BCUT2D eigenvalue weighted by Crippen LogP contribution is -2.36. The van der Waals surface area contributed by atoms with Gasteiger partial charge in [0.25, 0.3) is 0 Å². The highest BCUT2D eigenvalue weighted by Crippen LogP contribution is 2.30. The van der Waals surface area contributed by atoms with Gasteiger partial charge in [0.2, 0.25) is 0 Å². The maximum absolute atomic E-state index is 12.6. The van der Waals surface area contributed by atoms with Crippen molar-refractivity contribution >= 4 is 11.4 Å². The van der Waals surface area contributed by atoms with Crippen LogP contribution in [-0.2, 0) is 6.18 Å². The fraction of sp³-hybridized carbons (Fsp3) is 0.643. The topological polar surface area (TPSA) is 54.2 Å². The van der Waals surface area contributed by atoms with Crippen molar-refractivity contribution in [2.75, 3.05) is 37.2 Å².